The van der Waals surface area contributed by atoms with Gasteiger partial charge in [0.15, 0.2) is 0 Å². The molecule has 196 valence electrons. The molecule has 12 heteroatoms. The van der Waals surface area contributed by atoms with Gasteiger partial charge < -0.3 is 19.9 Å². The van der Waals surface area contributed by atoms with Crippen molar-refractivity contribution in [3.05, 3.63) is 69.5 Å². The molecule has 4 rings (SSSR count). The first-order valence-electron chi connectivity index (χ1n) is 11.5. The first kappa shape index (κ1) is 34.2. The predicted octanol–water partition coefficient (Wildman–Crippen LogP) is 2.06. The van der Waals surface area contributed by atoms with E-state index in [0.29, 0.717) is 42.9 Å². The molecule has 1 saturated heterocycles. The average Bonchev–Trinajstić information content (AvgIpc) is 3.01. The van der Waals surface area contributed by atoms with Crippen molar-refractivity contribution in [3.8, 4) is 0 Å². The molecule has 2 aliphatic rings. The van der Waals surface area contributed by atoms with Gasteiger partial charge in [-0.3, -0.25) is 19.3 Å². The van der Waals surface area contributed by atoms with Crippen molar-refractivity contribution in [3.63, 3.8) is 0 Å². The van der Waals surface area contributed by atoms with Crippen LogP contribution >= 0.6 is 20.5 Å². The molecule has 0 radical (unpaired) electrons. The zero-order valence-corrected chi connectivity index (χ0v) is 26.8. The van der Waals surface area contributed by atoms with Gasteiger partial charge in [-0.1, -0.05) is 30.7 Å². The molecule has 8 nitrogen and oxygen atoms in total. The van der Waals surface area contributed by atoms with E-state index >= 15 is 0 Å². The van der Waals surface area contributed by atoms with E-state index in [-0.39, 0.29) is 69.1 Å². The third kappa shape index (κ3) is 11.5. The predicted molar refractivity (Wildman–Crippen MR) is 144 cm³/mol. The quantitative estimate of drug-likeness (QED) is 0.342. The van der Waals surface area contributed by atoms with Crippen LogP contribution in [0.1, 0.15) is 31.4 Å². The number of amides is 1. The molecule has 0 spiro atoms. The molecule has 2 aliphatic heterocycles. The normalized spacial score (nSPS) is 17.0. The minimum absolute atomic E-state index is 0. The molecule has 1 unspecified atom stereocenters. The third-order valence-corrected chi connectivity index (χ3v) is 6.26. The number of ether oxygens (including phenoxy) is 2. The maximum atomic E-state index is 14.1. The van der Waals surface area contributed by atoms with Crippen molar-refractivity contribution in [1.82, 2.24) is 4.67 Å². The molecule has 2 aromatic rings. The van der Waals surface area contributed by atoms with Gasteiger partial charge in [-0.15, -0.1) is 0 Å². The van der Waals surface area contributed by atoms with E-state index in [1.807, 2.05) is 7.05 Å². The van der Waals surface area contributed by atoms with Gasteiger partial charge in [-0.05, 0) is 37.3 Å². The topological polar surface area (TPSA) is 94.3 Å². The standard InChI is InChI=1S/C16H12ClFN2O.C5H12N2OP.C4H8O2.K/c1-9-16(21)20-14-7-6-10(17)8-12(14)15(19-9)11-4-2-3-5-13(11)18;1-6-9-7-2-4-8-5-3-7;1-3-4(5)6-2;/h2-9H,1H3,(H,20,21);9H,2-5H2,1H3;3H2,1-2H3;/q;-1;;+1/t9-;;;/m0.../s1. The van der Waals surface area contributed by atoms with Crippen LogP contribution in [-0.4, -0.2) is 68.8 Å². The van der Waals surface area contributed by atoms with Crippen molar-refractivity contribution in [1.29, 1.82) is 0 Å². The number of aliphatic imine (C=N–C) groups is 1. The van der Waals surface area contributed by atoms with Gasteiger partial charge in [0, 0.05) is 35.7 Å². The Bertz CT molecular complexity index is 1050. The van der Waals surface area contributed by atoms with Crippen LogP contribution in [0.25, 0.3) is 5.09 Å². The summed E-state index contributed by atoms with van der Waals surface area (Å²) in [5.41, 5.74) is 1.97. The Morgan fingerprint density at radius 1 is 1.27 bits per heavy atom. The number of nitrogens with zero attached hydrogens (tertiary/aromatic N) is 3. The Kier molecular flexibility index (Phi) is 17.1. The maximum absolute atomic E-state index is 14.1. The van der Waals surface area contributed by atoms with Crippen LogP contribution < -0.4 is 56.7 Å². The van der Waals surface area contributed by atoms with E-state index in [2.05, 4.69) is 24.8 Å². The number of fused-ring (bicyclic) bond motifs is 1. The Morgan fingerprint density at radius 2 is 1.95 bits per heavy atom. The fourth-order valence-corrected chi connectivity index (χ4v) is 4.03. The average molecular weight is 577 g/mol. The SMILES string of the molecule is CCC(=O)OC.C[C@@H]1N=C(c2ccccc2F)c2cc(Cl)ccc2NC1=O.C[N-]PN1CCOCC1.[K+]. The zero-order chi connectivity index (χ0) is 26.5. The number of carbonyl (C=O) groups excluding carboxylic acids is 2. The maximum Gasteiger partial charge on any atom is 1.00 e. The van der Waals surface area contributed by atoms with E-state index in [9.17, 15) is 14.0 Å². The summed E-state index contributed by atoms with van der Waals surface area (Å²) in [6.45, 7) is 7.28. The van der Waals surface area contributed by atoms with Crippen LogP contribution in [0.2, 0.25) is 5.02 Å². The number of benzodiazepines with no additional fused rings is 1. The monoisotopic (exact) mass is 576 g/mol. The van der Waals surface area contributed by atoms with Crippen molar-refractivity contribution in [2.24, 2.45) is 4.99 Å². The van der Waals surface area contributed by atoms with Gasteiger partial charge in [0.25, 0.3) is 0 Å². The van der Waals surface area contributed by atoms with Gasteiger partial charge in [0.1, 0.15) is 11.9 Å². The van der Waals surface area contributed by atoms with Gasteiger partial charge in [0.2, 0.25) is 5.91 Å². The van der Waals surface area contributed by atoms with Crippen LogP contribution in [-0.2, 0) is 19.1 Å². The molecule has 37 heavy (non-hydrogen) atoms. The summed E-state index contributed by atoms with van der Waals surface area (Å²) < 4.78 is 25.8. The first-order valence-corrected chi connectivity index (χ1v) is 12.7. The molecule has 0 bridgehead atoms. The largest absolute Gasteiger partial charge is 1.00 e. The van der Waals surface area contributed by atoms with Crippen LogP contribution in [0.4, 0.5) is 10.1 Å². The van der Waals surface area contributed by atoms with Crippen LogP contribution in [0, 0.1) is 5.82 Å². The number of carbonyl (C=O) groups is 2. The van der Waals surface area contributed by atoms with Crippen LogP contribution in [0.15, 0.2) is 47.5 Å². The van der Waals surface area contributed by atoms with Gasteiger partial charge in [-0.2, -0.15) is 15.9 Å². The van der Waals surface area contributed by atoms with Gasteiger partial charge in [-0.25, -0.2) is 4.39 Å². The van der Waals surface area contributed by atoms with E-state index in [0.717, 1.165) is 26.3 Å². The summed E-state index contributed by atoms with van der Waals surface area (Å²) >= 11 is 6.03. The molecular weight excluding hydrogens is 545 g/mol. The zero-order valence-electron chi connectivity index (χ0n) is 21.9. The summed E-state index contributed by atoms with van der Waals surface area (Å²) in [6, 6.07) is 10.8. The molecule has 1 amide bonds. The minimum atomic E-state index is -0.606. The van der Waals surface area contributed by atoms with E-state index in [1.54, 1.807) is 50.2 Å². The molecule has 2 atom stereocenters. The van der Waals surface area contributed by atoms with E-state index in [1.165, 1.54) is 13.2 Å². The first-order chi connectivity index (χ1) is 17.3. The van der Waals surface area contributed by atoms with Crippen molar-refractivity contribution in [2.45, 2.75) is 26.3 Å². The number of hydrogen-bond donors (Lipinski definition) is 1. The Balaban J connectivity index is 0.000000355. The number of halogens is 2. The molecule has 1 fully saturated rings. The second kappa shape index (κ2) is 18.5. The summed E-state index contributed by atoms with van der Waals surface area (Å²) in [6.07, 6.45) is 0.469. The van der Waals surface area contributed by atoms with Crippen LogP contribution in [0.5, 0.6) is 0 Å². The van der Waals surface area contributed by atoms with E-state index in [4.69, 9.17) is 16.3 Å². The Hall–Kier alpha value is -0.784. The smallest absolute Gasteiger partial charge is 0.629 e. The molecule has 0 aromatic heterocycles. The number of esters is 1. The summed E-state index contributed by atoms with van der Waals surface area (Å²) in [4.78, 5) is 26.3. The van der Waals surface area contributed by atoms with Crippen molar-refractivity contribution in [2.75, 3.05) is 45.8 Å². The number of benzene rings is 2. The fourth-order valence-electron chi connectivity index (χ4n) is 3.20. The number of nitrogens with one attached hydrogen (secondary N) is 1. The number of hydrogen-bond acceptors (Lipinski definition) is 6. The van der Waals surface area contributed by atoms with Crippen molar-refractivity contribution < 1.29 is 74.8 Å². The fraction of sp³-hybridized carbons (Fsp3) is 0.400. The Morgan fingerprint density at radius 3 is 2.51 bits per heavy atom. The van der Waals surface area contributed by atoms with Gasteiger partial charge >= 0.3 is 57.4 Å². The van der Waals surface area contributed by atoms with Crippen molar-refractivity contribution >= 4 is 43.8 Å². The number of morpholine rings is 1. The molecule has 2 heterocycles. The molecule has 0 aliphatic carbocycles. The third-order valence-electron chi connectivity index (χ3n) is 5.09. The summed E-state index contributed by atoms with van der Waals surface area (Å²) in [5, 5.41) is 7.34. The second-order valence-corrected chi connectivity index (χ2v) is 9.38. The van der Waals surface area contributed by atoms with E-state index < -0.39 is 6.04 Å². The van der Waals surface area contributed by atoms with Gasteiger partial charge in [0.05, 0.1) is 31.7 Å². The summed E-state index contributed by atoms with van der Waals surface area (Å²) in [7, 11) is 3.88. The summed E-state index contributed by atoms with van der Waals surface area (Å²) in [5.74, 6) is -0.774. The molecule has 2 aromatic carbocycles. The molecule has 0 saturated carbocycles. The minimum Gasteiger partial charge on any atom is -0.629 e. The van der Waals surface area contributed by atoms with Crippen LogP contribution in [0.3, 0.4) is 0 Å². The Labute approximate surface area is 267 Å². The molecular formula is C25H32ClFKN4O4P. The number of methoxy groups -OCH3 is 1. The number of anilines is 1. The second-order valence-electron chi connectivity index (χ2n) is 7.67. The number of rotatable bonds is 4. The molecule has 1 N–H and O–H groups in total.